The molecule has 0 unspecified atom stereocenters. The third-order valence-electron chi connectivity index (χ3n) is 4.78. The van der Waals surface area contributed by atoms with Gasteiger partial charge in [-0.15, -0.1) is 0 Å². The normalized spacial score (nSPS) is 14.7. The Balaban J connectivity index is 1.82. The molecule has 0 spiro atoms. The second-order valence-electron chi connectivity index (χ2n) is 6.97. The number of aromatic nitrogens is 2. The lowest BCUT2D eigenvalue weighted by Gasteiger charge is -2.13. The lowest BCUT2D eigenvalue weighted by atomic mass is 10.2. The van der Waals surface area contributed by atoms with Gasteiger partial charge >= 0.3 is 5.97 Å². The Hall–Kier alpha value is -3.63. The smallest absolute Gasteiger partial charge is 0.323 e. The standard InChI is InChI=1S/C23H19N3O5S2/c1-14-16(12-19-21(29)25(13-20(27)28)23(32)33-19)22(26(24-14)15-8-4-3-5-9-15)31-18-11-7-6-10-17(18)30-2/h3-12H,13H2,1-2H3,(H,27,28)/b19-12-. The third-order valence-corrected chi connectivity index (χ3v) is 6.16. The number of carbonyl (C=O) groups is 2. The lowest BCUT2D eigenvalue weighted by molar-refractivity contribution is -0.140. The van der Waals surface area contributed by atoms with Crippen molar-refractivity contribution in [3.05, 3.63) is 70.8 Å². The van der Waals surface area contributed by atoms with Crippen molar-refractivity contribution in [2.45, 2.75) is 6.92 Å². The van der Waals surface area contributed by atoms with Crippen molar-refractivity contribution in [3.8, 4) is 23.1 Å². The minimum Gasteiger partial charge on any atom is -0.493 e. The van der Waals surface area contributed by atoms with Crippen LogP contribution in [-0.4, -0.2) is 49.6 Å². The van der Waals surface area contributed by atoms with E-state index >= 15 is 0 Å². The van der Waals surface area contributed by atoms with E-state index in [9.17, 15) is 9.59 Å². The summed E-state index contributed by atoms with van der Waals surface area (Å²) in [5, 5.41) is 13.7. The molecule has 4 rings (SSSR count). The second-order valence-corrected chi connectivity index (χ2v) is 8.64. The molecule has 1 fully saturated rings. The van der Waals surface area contributed by atoms with Crippen LogP contribution in [0.3, 0.4) is 0 Å². The van der Waals surface area contributed by atoms with Crippen LogP contribution in [-0.2, 0) is 9.59 Å². The Kier molecular flexibility index (Phi) is 6.47. The van der Waals surface area contributed by atoms with Crippen LogP contribution in [0.4, 0.5) is 0 Å². The highest BCUT2D eigenvalue weighted by Crippen LogP contribution is 2.39. The highest BCUT2D eigenvalue weighted by atomic mass is 32.2. The predicted molar refractivity (Wildman–Crippen MR) is 129 cm³/mol. The van der Waals surface area contributed by atoms with Crippen molar-refractivity contribution in [1.82, 2.24) is 14.7 Å². The maximum absolute atomic E-state index is 12.8. The van der Waals surface area contributed by atoms with Gasteiger partial charge in [-0.3, -0.25) is 14.5 Å². The number of thiocarbonyl (C=S) groups is 1. The molecule has 10 heteroatoms. The minimum absolute atomic E-state index is 0.189. The van der Waals surface area contributed by atoms with Crippen LogP contribution in [0.25, 0.3) is 11.8 Å². The number of para-hydroxylation sites is 3. The number of aliphatic carboxylic acids is 1. The van der Waals surface area contributed by atoms with Crippen molar-refractivity contribution in [2.24, 2.45) is 0 Å². The first-order valence-corrected chi connectivity index (χ1v) is 11.0. The summed E-state index contributed by atoms with van der Waals surface area (Å²) in [6.45, 7) is 1.31. The SMILES string of the molecule is COc1ccccc1Oc1c(/C=C2\SC(=S)N(CC(=O)O)C2=O)c(C)nn1-c1ccccc1. The van der Waals surface area contributed by atoms with E-state index in [2.05, 4.69) is 5.10 Å². The van der Waals surface area contributed by atoms with Crippen LogP contribution in [0.2, 0.25) is 0 Å². The van der Waals surface area contributed by atoms with Gasteiger partial charge < -0.3 is 14.6 Å². The summed E-state index contributed by atoms with van der Waals surface area (Å²) in [5.41, 5.74) is 1.96. The zero-order chi connectivity index (χ0) is 23.5. The molecule has 33 heavy (non-hydrogen) atoms. The van der Waals surface area contributed by atoms with Gasteiger partial charge in [-0.1, -0.05) is 54.3 Å². The van der Waals surface area contributed by atoms with E-state index in [1.165, 1.54) is 0 Å². The Morgan fingerprint density at radius 1 is 1.15 bits per heavy atom. The molecule has 1 aromatic heterocycles. The molecule has 1 saturated heterocycles. The molecule has 1 aliphatic heterocycles. The van der Waals surface area contributed by atoms with Crippen LogP contribution in [0, 0.1) is 6.92 Å². The number of carbonyl (C=O) groups excluding carboxylic acids is 1. The molecule has 0 saturated carbocycles. The molecule has 2 aromatic carbocycles. The summed E-state index contributed by atoms with van der Waals surface area (Å²) < 4.78 is 13.5. The molecule has 1 aliphatic rings. The molecule has 0 radical (unpaired) electrons. The fraction of sp³-hybridized carbons (Fsp3) is 0.130. The molecule has 8 nitrogen and oxygen atoms in total. The molecule has 168 valence electrons. The van der Waals surface area contributed by atoms with Crippen LogP contribution in [0.1, 0.15) is 11.3 Å². The molecule has 0 atom stereocenters. The van der Waals surface area contributed by atoms with E-state index in [-0.39, 0.29) is 4.32 Å². The molecule has 1 N–H and O–H groups in total. The van der Waals surface area contributed by atoms with Crippen molar-refractivity contribution >= 4 is 46.3 Å². The lowest BCUT2D eigenvalue weighted by Crippen LogP contribution is -2.33. The Labute approximate surface area is 199 Å². The van der Waals surface area contributed by atoms with E-state index in [0.29, 0.717) is 33.5 Å². The maximum atomic E-state index is 12.8. The molecule has 1 amide bonds. The largest absolute Gasteiger partial charge is 0.493 e. The summed E-state index contributed by atoms with van der Waals surface area (Å²) in [5.74, 6) is -0.213. The fourth-order valence-electron chi connectivity index (χ4n) is 3.24. The van der Waals surface area contributed by atoms with Crippen LogP contribution in [0.15, 0.2) is 59.5 Å². The van der Waals surface area contributed by atoms with Gasteiger partial charge in [0.2, 0.25) is 5.88 Å². The van der Waals surface area contributed by atoms with Gasteiger partial charge in [-0.25, -0.2) is 0 Å². The number of hydrogen-bond donors (Lipinski definition) is 1. The quantitative estimate of drug-likeness (QED) is 0.395. The van der Waals surface area contributed by atoms with Gasteiger partial charge in [0, 0.05) is 0 Å². The number of ether oxygens (including phenoxy) is 2. The van der Waals surface area contributed by atoms with E-state index in [1.54, 1.807) is 36.9 Å². The van der Waals surface area contributed by atoms with Crippen molar-refractivity contribution in [3.63, 3.8) is 0 Å². The molecule has 0 bridgehead atoms. The van der Waals surface area contributed by atoms with E-state index < -0.39 is 18.4 Å². The summed E-state index contributed by atoms with van der Waals surface area (Å²) in [4.78, 5) is 25.3. The Bertz CT molecular complexity index is 1270. The first-order chi connectivity index (χ1) is 15.9. The number of methoxy groups -OCH3 is 1. The Morgan fingerprint density at radius 2 is 1.82 bits per heavy atom. The van der Waals surface area contributed by atoms with Crippen molar-refractivity contribution in [1.29, 1.82) is 0 Å². The van der Waals surface area contributed by atoms with Gasteiger partial charge in [0.15, 0.2) is 11.5 Å². The number of carboxylic acid groups (broad SMARTS) is 1. The number of aryl methyl sites for hydroxylation is 1. The minimum atomic E-state index is -1.14. The fourth-order valence-corrected chi connectivity index (χ4v) is 4.47. The molecular weight excluding hydrogens is 462 g/mol. The molecule has 3 aromatic rings. The van der Waals surface area contributed by atoms with Crippen molar-refractivity contribution < 1.29 is 24.2 Å². The Morgan fingerprint density at radius 3 is 2.48 bits per heavy atom. The first-order valence-electron chi connectivity index (χ1n) is 9.82. The number of thioether (sulfide) groups is 1. The van der Waals surface area contributed by atoms with E-state index in [0.717, 1.165) is 22.3 Å². The zero-order valence-electron chi connectivity index (χ0n) is 17.7. The highest BCUT2D eigenvalue weighted by molar-refractivity contribution is 8.26. The number of amides is 1. The monoisotopic (exact) mass is 481 g/mol. The summed E-state index contributed by atoms with van der Waals surface area (Å²) in [6, 6.07) is 16.6. The second kappa shape index (κ2) is 9.47. The first kappa shape index (κ1) is 22.6. The summed E-state index contributed by atoms with van der Waals surface area (Å²) in [7, 11) is 1.55. The van der Waals surface area contributed by atoms with Gasteiger partial charge in [0.25, 0.3) is 5.91 Å². The maximum Gasteiger partial charge on any atom is 0.323 e. The van der Waals surface area contributed by atoms with Gasteiger partial charge in [0.05, 0.1) is 29.0 Å². The average molecular weight is 482 g/mol. The van der Waals surface area contributed by atoms with Crippen LogP contribution in [0.5, 0.6) is 17.4 Å². The van der Waals surface area contributed by atoms with E-state index in [4.69, 9.17) is 26.8 Å². The average Bonchev–Trinajstić information content (AvgIpc) is 3.25. The number of hydrogen-bond acceptors (Lipinski definition) is 7. The van der Waals surface area contributed by atoms with Gasteiger partial charge in [-0.2, -0.15) is 9.78 Å². The highest BCUT2D eigenvalue weighted by Gasteiger charge is 2.34. The number of benzene rings is 2. The van der Waals surface area contributed by atoms with Crippen LogP contribution >= 0.6 is 24.0 Å². The third kappa shape index (κ3) is 4.62. The summed E-state index contributed by atoms with van der Waals surface area (Å²) >= 11 is 6.25. The van der Waals surface area contributed by atoms with Gasteiger partial charge in [-0.05, 0) is 37.3 Å². The molecular formula is C23H19N3O5S2. The molecule has 2 heterocycles. The number of nitrogens with zero attached hydrogens (tertiary/aromatic N) is 3. The number of carboxylic acids is 1. The predicted octanol–water partition coefficient (Wildman–Crippen LogP) is 4.27. The van der Waals surface area contributed by atoms with Gasteiger partial charge in [0.1, 0.15) is 10.9 Å². The zero-order valence-corrected chi connectivity index (χ0v) is 19.4. The molecule has 0 aliphatic carbocycles. The van der Waals surface area contributed by atoms with E-state index in [1.807, 2.05) is 42.5 Å². The topological polar surface area (TPSA) is 93.9 Å². The number of rotatable bonds is 7. The van der Waals surface area contributed by atoms with Crippen LogP contribution < -0.4 is 9.47 Å². The van der Waals surface area contributed by atoms with Crippen molar-refractivity contribution in [2.75, 3.05) is 13.7 Å². The summed E-state index contributed by atoms with van der Waals surface area (Å²) in [6.07, 6.45) is 1.63.